The number of fused-ring (bicyclic) bond motifs is 2. The Balaban J connectivity index is 0.00000210. The van der Waals surface area contributed by atoms with E-state index in [9.17, 15) is 4.79 Å². The van der Waals surface area contributed by atoms with E-state index in [1.807, 2.05) is 12.1 Å². The zero-order valence-electron chi connectivity index (χ0n) is 13.8. The number of benzene rings is 2. The molecule has 1 N–H and O–H groups in total. The van der Waals surface area contributed by atoms with Crippen molar-refractivity contribution in [2.45, 2.75) is 6.61 Å². The predicted octanol–water partition coefficient (Wildman–Crippen LogP) is 3.85. The maximum absolute atomic E-state index is 13.1. The maximum Gasteiger partial charge on any atom is 0.198 e. The fourth-order valence-electron chi connectivity index (χ4n) is 3.14. The van der Waals surface area contributed by atoms with Gasteiger partial charge in [-0.25, -0.2) is 0 Å². The van der Waals surface area contributed by atoms with Crippen LogP contribution in [0, 0.1) is 17.8 Å². The number of rotatable bonds is 3. The first-order chi connectivity index (χ1) is 12.7. The summed E-state index contributed by atoms with van der Waals surface area (Å²) >= 11 is 0. The summed E-state index contributed by atoms with van der Waals surface area (Å²) in [5, 5.41) is 8.57. The third-order valence-electron chi connectivity index (χ3n) is 4.35. The third kappa shape index (κ3) is 2.47. The molecule has 1 heterocycles. The molecule has 0 unspecified atom stereocenters. The molecule has 0 amide bonds. The highest BCUT2D eigenvalue weighted by Crippen LogP contribution is 2.34. The van der Waals surface area contributed by atoms with Crippen molar-refractivity contribution in [1.82, 2.24) is 4.98 Å². The predicted molar refractivity (Wildman–Crippen MR) is 101 cm³/mol. The second-order valence-electron chi connectivity index (χ2n) is 5.91. The molecule has 4 rings (SSSR count). The SMILES string of the molecule is C#Cc1cccc2c1C(=N)c1cccc(OCc3cccnc3)c1C2=O.[HH]. The summed E-state index contributed by atoms with van der Waals surface area (Å²) in [4.78, 5) is 17.2. The summed E-state index contributed by atoms with van der Waals surface area (Å²) < 4.78 is 5.88. The van der Waals surface area contributed by atoms with Gasteiger partial charge in [0.2, 0.25) is 0 Å². The average molecular weight is 340 g/mol. The number of nitrogens with one attached hydrogen (secondary N) is 1. The quantitative estimate of drug-likeness (QED) is 0.576. The van der Waals surface area contributed by atoms with Gasteiger partial charge < -0.3 is 4.74 Å². The average Bonchev–Trinajstić information content (AvgIpc) is 2.70. The van der Waals surface area contributed by atoms with Crippen molar-refractivity contribution in [3.63, 3.8) is 0 Å². The van der Waals surface area contributed by atoms with Gasteiger partial charge in [-0.2, -0.15) is 0 Å². The van der Waals surface area contributed by atoms with E-state index in [0.717, 1.165) is 5.56 Å². The van der Waals surface area contributed by atoms with Gasteiger partial charge in [0.05, 0.1) is 11.3 Å². The zero-order valence-corrected chi connectivity index (χ0v) is 13.8. The second kappa shape index (κ2) is 6.30. The minimum atomic E-state index is -0.176. The molecule has 0 bridgehead atoms. The number of pyridine rings is 1. The fourth-order valence-corrected chi connectivity index (χ4v) is 3.14. The van der Waals surface area contributed by atoms with Gasteiger partial charge >= 0.3 is 0 Å². The first kappa shape index (κ1) is 15.8. The van der Waals surface area contributed by atoms with E-state index in [0.29, 0.717) is 40.2 Å². The van der Waals surface area contributed by atoms with E-state index in [4.69, 9.17) is 16.6 Å². The van der Waals surface area contributed by atoms with Crippen LogP contribution in [-0.2, 0) is 6.61 Å². The lowest BCUT2D eigenvalue weighted by atomic mass is 9.81. The van der Waals surface area contributed by atoms with Crippen molar-refractivity contribution in [2.24, 2.45) is 0 Å². The molecule has 1 aromatic heterocycles. The van der Waals surface area contributed by atoms with Crippen molar-refractivity contribution in [3.05, 3.63) is 94.3 Å². The smallest absolute Gasteiger partial charge is 0.198 e. The molecule has 0 spiro atoms. The summed E-state index contributed by atoms with van der Waals surface area (Å²) in [7, 11) is 0. The number of hydrogen-bond acceptors (Lipinski definition) is 4. The summed E-state index contributed by atoms with van der Waals surface area (Å²) in [5.74, 6) is 2.85. The Hall–Kier alpha value is -3.71. The molecule has 0 saturated carbocycles. The van der Waals surface area contributed by atoms with E-state index in [2.05, 4.69) is 10.9 Å². The van der Waals surface area contributed by atoms with Gasteiger partial charge in [0.25, 0.3) is 0 Å². The van der Waals surface area contributed by atoms with Crippen LogP contribution in [-0.4, -0.2) is 16.5 Å². The number of ether oxygens (including phenoxy) is 1. The molecule has 2 aromatic carbocycles. The number of terminal acetylenes is 1. The van der Waals surface area contributed by atoms with Gasteiger partial charge in [-0.1, -0.05) is 36.3 Å². The van der Waals surface area contributed by atoms with Crippen LogP contribution in [0.1, 0.15) is 39.6 Å². The van der Waals surface area contributed by atoms with Crippen molar-refractivity contribution in [3.8, 4) is 18.1 Å². The minimum absolute atomic E-state index is 0. The van der Waals surface area contributed by atoms with E-state index < -0.39 is 0 Å². The van der Waals surface area contributed by atoms with Crippen molar-refractivity contribution < 1.29 is 11.0 Å². The molecule has 0 atom stereocenters. The Kier molecular flexibility index (Phi) is 3.83. The summed E-state index contributed by atoms with van der Waals surface area (Å²) in [5.41, 5.74) is 3.59. The lowest BCUT2D eigenvalue weighted by molar-refractivity contribution is 0.103. The number of hydrogen-bond donors (Lipinski definition) is 1. The first-order valence-corrected chi connectivity index (χ1v) is 8.09. The van der Waals surface area contributed by atoms with Crippen LogP contribution in [0.3, 0.4) is 0 Å². The molecule has 1 aliphatic carbocycles. The van der Waals surface area contributed by atoms with E-state index in [1.54, 1.807) is 48.8 Å². The standard InChI is InChI=1S/C22H14N2O2.H2/c1-2-15-7-3-9-17-19(15)21(23)16-8-4-10-18(20(16)22(17)25)26-13-14-6-5-11-24-12-14;/h1,3-12,23H,13H2;1H. The lowest BCUT2D eigenvalue weighted by Gasteiger charge is -2.23. The molecular formula is C22H16N2O2. The fraction of sp³-hybridized carbons (Fsp3) is 0.0455. The second-order valence-corrected chi connectivity index (χ2v) is 5.91. The molecule has 26 heavy (non-hydrogen) atoms. The van der Waals surface area contributed by atoms with Crippen LogP contribution < -0.4 is 4.74 Å². The highest BCUT2D eigenvalue weighted by atomic mass is 16.5. The summed E-state index contributed by atoms with van der Waals surface area (Å²) in [6, 6.07) is 14.2. The van der Waals surface area contributed by atoms with Crippen molar-refractivity contribution >= 4 is 11.5 Å². The van der Waals surface area contributed by atoms with Crippen LogP contribution in [0.2, 0.25) is 0 Å². The topological polar surface area (TPSA) is 63.0 Å². The van der Waals surface area contributed by atoms with Gasteiger partial charge in [0, 0.05) is 41.6 Å². The normalized spacial score (nSPS) is 12.1. The number of aromatic nitrogens is 1. The van der Waals surface area contributed by atoms with E-state index in [-0.39, 0.29) is 12.9 Å². The monoisotopic (exact) mass is 340 g/mol. The maximum atomic E-state index is 13.1. The third-order valence-corrected chi connectivity index (χ3v) is 4.35. The summed E-state index contributed by atoms with van der Waals surface area (Å²) in [6.45, 7) is 0.294. The Morgan fingerprint density at radius 1 is 1.08 bits per heavy atom. The minimum Gasteiger partial charge on any atom is -0.488 e. The molecule has 0 fully saturated rings. The number of ketones is 1. The Bertz CT molecular complexity index is 1090. The number of carbonyl (C=O) groups is 1. The molecule has 3 aromatic rings. The van der Waals surface area contributed by atoms with E-state index >= 15 is 0 Å². The Labute approximate surface area is 152 Å². The van der Waals surface area contributed by atoms with Crippen LogP contribution in [0.4, 0.5) is 0 Å². The van der Waals surface area contributed by atoms with Crippen LogP contribution in [0.15, 0.2) is 60.9 Å². The largest absolute Gasteiger partial charge is 0.488 e. The van der Waals surface area contributed by atoms with Crippen molar-refractivity contribution in [1.29, 1.82) is 5.41 Å². The molecule has 0 aliphatic heterocycles. The molecule has 0 saturated heterocycles. The van der Waals surface area contributed by atoms with Gasteiger partial charge in [-0.05, 0) is 18.2 Å². The van der Waals surface area contributed by atoms with Crippen LogP contribution in [0.25, 0.3) is 0 Å². The highest BCUT2D eigenvalue weighted by Gasteiger charge is 2.31. The molecular weight excluding hydrogens is 324 g/mol. The Morgan fingerprint density at radius 3 is 2.65 bits per heavy atom. The van der Waals surface area contributed by atoms with Gasteiger partial charge in [-0.15, -0.1) is 6.42 Å². The van der Waals surface area contributed by atoms with Crippen molar-refractivity contribution in [2.75, 3.05) is 0 Å². The number of nitrogens with zero attached hydrogens (tertiary/aromatic N) is 1. The molecule has 4 nitrogen and oxygen atoms in total. The molecule has 126 valence electrons. The van der Waals surface area contributed by atoms with Crippen LogP contribution >= 0.6 is 0 Å². The van der Waals surface area contributed by atoms with Crippen LogP contribution in [0.5, 0.6) is 5.75 Å². The summed E-state index contributed by atoms with van der Waals surface area (Å²) in [6.07, 6.45) is 8.96. The van der Waals surface area contributed by atoms with Gasteiger partial charge in [-0.3, -0.25) is 15.2 Å². The van der Waals surface area contributed by atoms with Gasteiger partial charge in [0.15, 0.2) is 5.78 Å². The lowest BCUT2D eigenvalue weighted by Crippen LogP contribution is -2.23. The van der Waals surface area contributed by atoms with Gasteiger partial charge in [0.1, 0.15) is 12.4 Å². The first-order valence-electron chi connectivity index (χ1n) is 8.09. The highest BCUT2D eigenvalue weighted by molar-refractivity contribution is 6.30. The zero-order chi connectivity index (χ0) is 18.1. The molecule has 0 radical (unpaired) electrons. The molecule has 1 aliphatic rings. The van der Waals surface area contributed by atoms with E-state index in [1.165, 1.54) is 0 Å². The number of carbonyl (C=O) groups excluding carboxylic acids is 1. The molecule has 4 heteroatoms. The Morgan fingerprint density at radius 2 is 1.88 bits per heavy atom.